The van der Waals surface area contributed by atoms with E-state index in [1.165, 1.54) is 5.56 Å². The van der Waals surface area contributed by atoms with Crippen LogP contribution in [0.4, 0.5) is 5.69 Å². The lowest BCUT2D eigenvalue weighted by molar-refractivity contribution is 0.352. The third kappa shape index (κ3) is 2.62. The van der Waals surface area contributed by atoms with Crippen molar-refractivity contribution in [2.45, 2.75) is 19.9 Å². The van der Waals surface area contributed by atoms with Crippen LogP contribution in [0.25, 0.3) is 0 Å². The molecule has 0 unspecified atom stereocenters. The highest BCUT2D eigenvalue weighted by Gasteiger charge is 2.18. The van der Waals surface area contributed by atoms with Gasteiger partial charge in [0.25, 0.3) is 5.56 Å². The quantitative estimate of drug-likeness (QED) is 0.821. The molecule has 0 radical (unpaired) electrons. The fourth-order valence-corrected chi connectivity index (χ4v) is 3.51. The largest absolute Gasteiger partial charge is 0.493 e. The normalized spacial score (nSPS) is 13.1. The number of pyridine rings is 1. The van der Waals surface area contributed by atoms with Gasteiger partial charge in [-0.2, -0.15) is 0 Å². The summed E-state index contributed by atoms with van der Waals surface area (Å²) in [5, 5.41) is 0. The molecule has 2 heterocycles. The number of hydrogen-bond donors (Lipinski definition) is 1. The number of ether oxygens (including phenoxy) is 1. The number of benzene rings is 1. The van der Waals surface area contributed by atoms with Crippen molar-refractivity contribution in [3.8, 4) is 5.75 Å². The predicted molar refractivity (Wildman–Crippen MR) is 90.0 cm³/mol. The summed E-state index contributed by atoms with van der Waals surface area (Å²) in [5.74, 6) is 0.889. The topological polar surface area (TPSA) is 57.2 Å². The van der Waals surface area contributed by atoms with Gasteiger partial charge in [-0.15, -0.1) is 0 Å². The molecule has 3 rings (SSSR count). The minimum atomic E-state index is -0.0894. The third-order valence-electron chi connectivity index (χ3n) is 3.67. The van der Waals surface area contributed by atoms with Crippen molar-refractivity contribution in [1.82, 2.24) is 4.57 Å². The Morgan fingerprint density at radius 3 is 2.90 bits per heavy atom. The monoisotopic (exact) mass is 412 g/mol. The molecule has 0 aliphatic carbocycles. The Bertz CT molecular complexity index is 784. The van der Waals surface area contributed by atoms with E-state index in [1.54, 1.807) is 10.8 Å². The fourth-order valence-electron chi connectivity index (χ4n) is 2.50. The second kappa shape index (κ2) is 5.50. The minimum absolute atomic E-state index is 0.0894. The van der Waals surface area contributed by atoms with Gasteiger partial charge in [0.1, 0.15) is 5.75 Å². The zero-order chi connectivity index (χ0) is 15.1. The molecule has 1 aromatic carbocycles. The highest BCUT2D eigenvalue weighted by atomic mass is 79.9. The molecule has 0 amide bonds. The summed E-state index contributed by atoms with van der Waals surface area (Å²) in [7, 11) is 0. The van der Waals surface area contributed by atoms with E-state index in [-0.39, 0.29) is 5.56 Å². The van der Waals surface area contributed by atoms with Gasteiger partial charge in [0.05, 0.1) is 23.3 Å². The van der Waals surface area contributed by atoms with E-state index in [9.17, 15) is 4.79 Å². The summed E-state index contributed by atoms with van der Waals surface area (Å²) < 4.78 is 8.81. The van der Waals surface area contributed by atoms with Crippen LogP contribution in [0.15, 0.2) is 32.1 Å². The molecule has 21 heavy (non-hydrogen) atoms. The van der Waals surface area contributed by atoms with E-state index in [1.807, 2.05) is 13.0 Å². The third-order valence-corrected chi connectivity index (χ3v) is 5.06. The van der Waals surface area contributed by atoms with E-state index >= 15 is 0 Å². The Balaban J connectivity index is 2.08. The molecule has 0 bridgehead atoms. The molecular formula is C15H14Br2N2O2. The average Bonchev–Trinajstić information content (AvgIpc) is 2.90. The van der Waals surface area contributed by atoms with Crippen LogP contribution in [0.5, 0.6) is 5.75 Å². The first-order valence-electron chi connectivity index (χ1n) is 6.56. The summed E-state index contributed by atoms with van der Waals surface area (Å²) in [5.41, 5.74) is 9.38. The van der Waals surface area contributed by atoms with Crippen molar-refractivity contribution in [2.24, 2.45) is 0 Å². The van der Waals surface area contributed by atoms with E-state index in [4.69, 9.17) is 10.5 Å². The van der Waals surface area contributed by atoms with Crippen LogP contribution in [0, 0.1) is 6.92 Å². The number of fused-ring (bicyclic) bond motifs is 1. The summed E-state index contributed by atoms with van der Waals surface area (Å²) in [6.07, 6.45) is 2.58. The number of halogens is 2. The zero-order valence-electron chi connectivity index (χ0n) is 11.5. The van der Waals surface area contributed by atoms with Gasteiger partial charge in [-0.3, -0.25) is 4.79 Å². The van der Waals surface area contributed by atoms with Gasteiger partial charge in [0.15, 0.2) is 0 Å². The molecule has 4 nitrogen and oxygen atoms in total. The maximum absolute atomic E-state index is 12.3. The molecule has 2 aromatic rings. The van der Waals surface area contributed by atoms with E-state index in [0.29, 0.717) is 23.3 Å². The number of aromatic nitrogens is 1. The minimum Gasteiger partial charge on any atom is -0.493 e. The van der Waals surface area contributed by atoms with Gasteiger partial charge in [-0.1, -0.05) is 15.9 Å². The van der Waals surface area contributed by atoms with E-state index in [2.05, 4.69) is 37.9 Å². The first kappa shape index (κ1) is 14.7. The first-order valence-corrected chi connectivity index (χ1v) is 8.15. The van der Waals surface area contributed by atoms with Crippen LogP contribution in [-0.4, -0.2) is 11.2 Å². The van der Waals surface area contributed by atoms with Gasteiger partial charge in [0.2, 0.25) is 0 Å². The van der Waals surface area contributed by atoms with Gasteiger partial charge >= 0.3 is 0 Å². The molecule has 0 atom stereocenters. The standard InChI is InChI=1S/C15H14Br2N2O2/c1-8-12(18)7-19(15(20)13(8)17)6-10-5-11(16)4-9-2-3-21-14(9)10/h4-5,7H,2-3,6,18H2,1H3. The average molecular weight is 414 g/mol. The Morgan fingerprint density at radius 1 is 1.38 bits per heavy atom. The number of anilines is 1. The number of hydrogen-bond acceptors (Lipinski definition) is 3. The smallest absolute Gasteiger partial charge is 0.265 e. The maximum atomic E-state index is 12.3. The van der Waals surface area contributed by atoms with Crippen molar-refractivity contribution in [1.29, 1.82) is 0 Å². The molecule has 2 N–H and O–H groups in total. The summed E-state index contributed by atoms with van der Waals surface area (Å²) >= 11 is 6.83. The number of rotatable bonds is 2. The first-order chi connectivity index (χ1) is 9.97. The lowest BCUT2D eigenvalue weighted by Crippen LogP contribution is -2.23. The van der Waals surface area contributed by atoms with Crippen molar-refractivity contribution < 1.29 is 4.74 Å². The van der Waals surface area contributed by atoms with E-state index in [0.717, 1.165) is 27.8 Å². The van der Waals surface area contributed by atoms with E-state index < -0.39 is 0 Å². The van der Waals surface area contributed by atoms with Gasteiger partial charge < -0.3 is 15.0 Å². The molecule has 0 spiro atoms. The Morgan fingerprint density at radius 2 is 2.14 bits per heavy atom. The molecule has 0 saturated heterocycles. The molecular weight excluding hydrogens is 400 g/mol. The van der Waals surface area contributed by atoms with Gasteiger partial charge in [0, 0.05) is 22.7 Å². The highest BCUT2D eigenvalue weighted by Crippen LogP contribution is 2.33. The maximum Gasteiger partial charge on any atom is 0.265 e. The molecule has 110 valence electrons. The van der Waals surface area contributed by atoms with Crippen molar-refractivity contribution in [2.75, 3.05) is 12.3 Å². The van der Waals surface area contributed by atoms with Crippen molar-refractivity contribution in [3.63, 3.8) is 0 Å². The Hall–Kier alpha value is -1.27. The van der Waals surface area contributed by atoms with Crippen LogP contribution >= 0.6 is 31.9 Å². The molecule has 6 heteroatoms. The van der Waals surface area contributed by atoms with Gasteiger partial charge in [-0.05, 0) is 46.1 Å². The lowest BCUT2D eigenvalue weighted by Gasteiger charge is -2.13. The number of nitrogens with zero attached hydrogens (tertiary/aromatic N) is 1. The predicted octanol–water partition coefficient (Wildman–Crippen LogP) is 3.25. The van der Waals surface area contributed by atoms with Crippen LogP contribution < -0.4 is 16.0 Å². The number of nitrogens with two attached hydrogens (primary N) is 1. The highest BCUT2D eigenvalue weighted by molar-refractivity contribution is 9.10. The second-order valence-corrected chi connectivity index (χ2v) is 6.82. The summed E-state index contributed by atoms with van der Waals surface area (Å²) in [6, 6.07) is 4.05. The van der Waals surface area contributed by atoms with Gasteiger partial charge in [-0.25, -0.2) is 0 Å². The summed E-state index contributed by atoms with van der Waals surface area (Å²) in [6.45, 7) is 2.95. The SMILES string of the molecule is Cc1c(N)cn(Cc2cc(Br)cc3c2OCC3)c(=O)c1Br. The van der Waals surface area contributed by atoms with Crippen LogP contribution in [0.3, 0.4) is 0 Å². The Kier molecular flexibility index (Phi) is 3.84. The molecule has 0 saturated carbocycles. The lowest BCUT2D eigenvalue weighted by atomic mass is 10.1. The second-order valence-electron chi connectivity index (χ2n) is 5.11. The molecule has 1 aliphatic heterocycles. The molecule has 1 aromatic heterocycles. The van der Waals surface area contributed by atoms with Crippen LogP contribution in [0.1, 0.15) is 16.7 Å². The number of nitrogen functional groups attached to an aromatic ring is 1. The van der Waals surface area contributed by atoms with Crippen molar-refractivity contribution in [3.05, 3.63) is 54.3 Å². The zero-order valence-corrected chi connectivity index (χ0v) is 14.6. The van der Waals surface area contributed by atoms with Crippen LogP contribution in [0.2, 0.25) is 0 Å². The van der Waals surface area contributed by atoms with Crippen LogP contribution in [-0.2, 0) is 13.0 Å². The Labute approximate surface area is 139 Å². The molecule has 1 aliphatic rings. The fraction of sp³-hybridized carbons (Fsp3) is 0.267. The molecule has 0 fully saturated rings. The van der Waals surface area contributed by atoms with Crippen molar-refractivity contribution >= 4 is 37.5 Å². The summed E-state index contributed by atoms with van der Waals surface area (Å²) in [4.78, 5) is 12.3.